The van der Waals surface area contributed by atoms with Gasteiger partial charge in [-0.05, 0) is 60.7 Å². The molecule has 4 aromatic rings. The van der Waals surface area contributed by atoms with E-state index in [1.807, 2.05) is 0 Å². The second kappa shape index (κ2) is 14.3. The van der Waals surface area contributed by atoms with Crippen molar-refractivity contribution in [3.8, 4) is 11.5 Å². The van der Waals surface area contributed by atoms with Gasteiger partial charge in [0.15, 0.2) is 12.2 Å². The summed E-state index contributed by atoms with van der Waals surface area (Å²) in [6.07, 6.45) is -7.12. The first-order valence-electron chi connectivity index (χ1n) is 13.8. The van der Waals surface area contributed by atoms with Crippen molar-refractivity contribution in [1.82, 2.24) is 0 Å². The lowest BCUT2D eigenvalue weighted by Gasteiger charge is -2.42. The van der Waals surface area contributed by atoms with Crippen molar-refractivity contribution in [2.45, 2.75) is 30.7 Å². The van der Waals surface area contributed by atoms with E-state index in [0.717, 1.165) is 0 Å². The van der Waals surface area contributed by atoms with E-state index in [1.165, 1.54) is 7.11 Å². The Morgan fingerprint density at radius 2 is 1.09 bits per heavy atom. The summed E-state index contributed by atoms with van der Waals surface area (Å²) in [4.78, 5) is 39.0. The van der Waals surface area contributed by atoms with Crippen LogP contribution in [-0.4, -0.2) is 67.4 Å². The quantitative estimate of drug-likeness (QED) is 0.206. The van der Waals surface area contributed by atoms with Crippen LogP contribution < -0.4 is 9.47 Å². The van der Waals surface area contributed by atoms with Crippen LogP contribution in [0.3, 0.4) is 0 Å². The number of hydrogen-bond acceptors (Lipinski definition) is 10. The molecule has 1 saturated heterocycles. The first-order chi connectivity index (χ1) is 21.4. The number of methoxy groups -OCH3 is 1. The minimum atomic E-state index is -1.65. The molecule has 0 unspecified atom stereocenters. The largest absolute Gasteiger partial charge is 0.497 e. The average molecular weight is 599 g/mol. The molecule has 5 rings (SSSR count). The molecule has 1 heterocycles. The van der Waals surface area contributed by atoms with Crippen molar-refractivity contribution < 1.29 is 47.9 Å². The summed E-state index contributed by atoms with van der Waals surface area (Å²) in [5, 5.41) is 11.6. The fraction of sp³-hybridized carbons (Fsp3) is 0.206. The Labute approximate surface area is 253 Å². The lowest BCUT2D eigenvalue weighted by molar-refractivity contribution is -0.276. The number of carbonyl (C=O) groups excluding carboxylic acids is 3. The fourth-order valence-electron chi connectivity index (χ4n) is 4.53. The summed E-state index contributed by atoms with van der Waals surface area (Å²) in [6, 6.07) is 31.2. The van der Waals surface area contributed by atoms with Gasteiger partial charge in [-0.25, -0.2) is 14.4 Å². The standard InChI is InChI=1S/C34H30O10/c1-39-25-17-19-26(20-18-25)41-34-30(44-33(38)24-15-9-4-10-16-24)28(35)29(43-32(37)23-13-7-3-8-14-23)27(42-34)21-40-31(36)22-11-5-2-6-12-22/h2-20,27-30,34-35H,21H2,1H3/t27-,28+,29-,30-,34+/m1/s1. The lowest BCUT2D eigenvalue weighted by Crippen LogP contribution is -2.62. The summed E-state index contributed by atoms with van der Waals surface area (Å²) in [7, 11) is 1.52. The molecular weight excluding hydrogens is 568 g/mol. The van der Waals surface area contributed by atoms with E-state index >= 15 is 0 Å². The molecule has 10 heteroatoms. The molecule has 10 nitrogen and oxygen atoms in total. The molecular formula is C34H30O10. The number of benzene rings is 4. The number of esters is 3. The first-order valence-corrected chi connectivity index (χ1v) is 13.8. The highest BCUT2D eigenvalue weighted by Crippen LogP contribution is 2.30. The van der Waals surface area contributed by atoms with E-state index in [2.05, 4.69) is 0 Å². The highest BCUT2D eigenvalue weighted by Gasteiger charge is 2.51. The van der Waals surface area contributed by atoms with Gasteiger partial charge in [0.2, 0.25) is 6.29 Å². The Kier molecular flexibility index (Phi) is 9.85. The zero-order valence-corrected chi connectivity index (χ0v) is 23.7. The van der Waals surface area contributed by atoms with Crippen LogP contribution in [-0.2, 0) is 18.9 Å². The molecule has 0 spiro atoms. The molecule has 1 N–H and O–H groups in total. The highest BCUT2D eigenvalue weighted by atomic mass is 16.7. The second-order valence-electron chi connectivity index (χ2n) is 9.76. The average Bonchev–Trinajstić information content (AvgIpc) is 3.08. The SMILES string of the molecule is COc1ccc(O[C@H]2O[C@H](COC(=O)c3ccccc3)[C@@H](OC(=O)c3ccccc3)[C@H](O)[C@H]2OC(=O)c2ccccc2)cc1. The van der Waals surface area contributed by atoms with Crippen molar-refractivity contribution in [2.24, 2.45) is 0 Å². The maximum Gasteiger partial charge on any atom is 0.338 e. The van der Waals surface area contributed by atoms with Crippen LogP contribution in [0.2, 0.25) is 0 Å². The number of aliphatic hydroxyl groups excluding tert-OH is 1. The van der Waals surface area contributed by atoms with Gasteiger partial charge in [0.05, 0.1) is 23.8 Å². The number of ether oxygens (including phenoxy) is 6. The molecule has 0 bridgehead atoms. The topological polar surface area (TPSA) is 127 Å². The summed E-state index contributed by atoms with van der Waals surface area (Å²) < 4.78 is 34.3. The highest BCUT2D eigenvalue weighted by molar-refractivity contribution is 5.90. The van der Waals surface area contributed by atoms with E-state index in [1.54, 1.807) is 115 Å². The maximum absolute atomic E-state index is 13.1. The molecule has 0 radical (unpaired) electrons. The molecule has 0 aliphatic carbocycles. The van der Waals surface area contributed by atoms with Crippen LogP contribution in [0.5, 0.6) is 11.5 Å². The monoisotopic (exact) mass is 598 g/mol. The van der Waals surface area contributed by atoms with Crippen LogP contribution in [0.15, 0.2) is 115 Å². The zero-order valence-electron chi connectivity index (χ0n) is 23.7. The Morgan fingerprint density at radius 3 is 1.59 bits per heavy atom. The molecule has 4 aromatic carbocycles. The van der Waals surface area contributed by atoms with Crippen LogP contribution >= 0.6 is 0 Å². The minimum Gasteiger partial charge on any atom is -0.497 e. The first kappa shape index (κ1) is 30.3. The van der Waals surface area contributed by atoms with Gasteiger partial charge < -0.3 is 33.5 Å². The van der Waals surface area contributed by atoms with Gasteiger partial charge in [-0.2, -0.15) is 0 Å². The summed E-state index contributed by atoms with van der Waals surface area (Å²) in [5.41, 5.74) is 0.733. The molecule has 5 atom stereocenters. The van der Waals surface area contributed by atoms with Gasteiger partial charge in [-0.3, -0.25) is 0 Å². The van der Waals surface area contributed by atoms with Crippen LogP contribution in [0.4, 0.5) is 0 Å². The Balaban J connectivity index is 1.44. The predicted molar refractivity (Wildman–Crippen MR) is 156 cm³/mol. The van der Waals surface area contributed by atoms with E-state index in [-0.39, 0.29) is 11.1 Å². The van der Waals surface area contributed by atoms with Crippen molar-refractivity contribution in [2.75, 3.05) is 13.7 Å². The van der Waals surface area contributed by atoms with Gasteiger partial charge in [-0.1, -0.05) is 54.6 Å². The van der Waals surface area contributed by atoms with E-state index < -0.39 is 55.2 Å². The molecule has 1 aliphatic heterocycles. The molecule has 0 aromatic heterocycles. The van der Waals surface area contributed by atoms with Gasteiger partial charge in [0.25, 0.3) is 0 Å². The molecule has 44 heavy (non-hydrogen) atoms. The van der Waals surface area contributed by atoms with Gasteiger partial charge in [0.1, 0.15) is 30.3 Å². The summed E-state index contributed by atoms with van der Waals surface area (Å²) in [5.74, 6) is -1.29. The van der Waals surface area contributed by atoms with Crippen molar-refractivity contribution in [3.05, 3.63) is 132 Å². The number of carbonyl (C=O) groups is 3. The van der Waals surface area contributed by atoms with Crippen LogP contribution in [0, 0.1) is 0 Å². The number of hydrogen-bond donors (Lipinski definition) is 1. The molecule has 0 amide bonds. The van der Waals surface area contributed by atoms with E-state index in [4.69, 9.17) is 28.4 Å². The van der Waals surface area contributed by atoms with Crippen molar-refractivity contribution in [3.63, 3.8) is 0 Å². The maximum atomic E-state index is 13.1. The van der Waals surface area contributed by atoms with Crippen LogP contribution in [0.25, 0.3) is 0 Å². The predicted octanol–water partition coefficient (Wildman–Crippen LogP) is 4.47. The number of aliphatic hydroxyl groups is 1. The fourth-order valence-corrected chi connectivity index (χ4v) is 4.53. The third kappa shape index (κ3) is 7.41. The molecule has 226 valence electrons. The second-order valence-corrected chi connectivity index (χ2v) is 9.76. The van der Waals surface area contributed by atoms with Crippen molar-refractivity contribution in [1.29, 1.82) is 0 Å². The van der Waals surface area contributed by atoms with Crippen LogP contribution in [0.1, 0.15) is 31.1 Å². The smallest absolute Gasteiger partial charge is 0.338 e. The minimum absolute atomic E-state index is 0.217. The molecule has 0 saturated carbocycles. The zero-order chi connectivity index (χ0) is 30.9. The van der Waals surface area contributed by atoms with Gasteiger partial charge in [0, 0.05) is 0 Å². The lowest BCUT2D eigenvalue weighted by atomic mass is 9.98. The Hall–Kier alpha value is -5.19. The van der Waals surface area contributed by atoms with E-state index in [0.29, 0.717) is 17.1 Å². The van der Waals surface area contributed by atoms with E-state index in [9.17, 15) is 19.5 Å². The Morgan fingerprint density at radius 1 is 0.636 bits per heavy atom. The molecule has 1 aliphatic rings. The summed E-state index contributed by atoms with van der Waals surface area (Å²) >= 11 is 0. The molecule has 1 fully saturated rings. The normalized spacial score (nSPS) is 21.0. The van der Waals surface area contributed by atoms with Crippen molar-refractivity contribution >= 4 is 17.9 Å². The third-order valence-corrected chi connectivity index (χ3v) is 6.82. The third-order valence-electron chi connectivity index (χ3n) is 6.82. The number of rotatable bonds is 10. The summed E-state index contributed by atoms with van der Waals surface area (Å²) in [6.45, 7) is -0.417. The Bertz CT molecular complexity index is 1530. The van der Waals surface area contributed by atoms with Gasteiger partial charge >= 0.3 is 17.9 Å². The van der Waals surface area contributed by atoms with Gasteiger partial charge in [-0.15, -0.1) is 0 Å².